The van der Waals surface area contributed by atoms with Crippen LogP contribution in [-0.2, 0) is 13.7 Å². The number of aryl methyl sites for hydroxylation is 3. The van der Waals surface area contributed by atoms with E-state index >= 15 is 0 Å². The van der Waals surface area contributed by atoms with Gasteiger partial charge in [-0.25, -0.2) is 4.98 Å². The van der Waals surface area contributed by atoms with E-state index in [1.54, 1.807) is 4.68 Å². The highest BCUT2D eigenvalue weighted by atomic mass is 16.3. The van der Waals surface area contributed by atoms with Crippen molar-refractivity contribution < 1.29 is 5.11 Å². The quantitative estimate of drug-likeness (QED) is 0.510. The molecular formula is C23H21N5O. The molecule has 1 aromatic carbocycles. The summed E-state index contributed by atoms with van der Waals surface area (Å²) in [5.41, 5.74) is 8.96. The van der Waals surface area contributed by atoms with Crippen molar-refractivity contribution in [1.29, 1.82) is 0 Å². The second-order valence-electron chi connectivity index (χ2n) is 7.42. The normalized spacial score (nSPS) is 11.6. The van der Waals surface area contributed by atoms with Crippen LogP contribution in [0.3, 0.4) is 0 Å². The number of imidazole rings is 1. The lowest BCUT2D eigenvalue weighted by molar-refractivity contribution is 0.282. The van der Waals surface area contributed by atoms with Gasteiger partial charge in [0.2, 0.25) is 0 Å². The minimum Gasteiger partial charge on any atom is -0.392 e. The number of aliphatic hydroxyl groups excluding tert-OH is 1. The molecule has 0 unspecified atom stereocenters. The van der Waals surface area contributed by atoms with Gasteiger partial charge in [0.25, 0.3) is 0 Å². The molecule has 0 spiro atoms. The van der Waals surface area contributed by atoms with E-state index in [-0.39, 0.29) is 6.61 Å². The van der Waals surface area contributed by atoms with Gasteiger partial charge in [0.05, 0.1) is 24.0 Å². The molecule has 0 amide bonds. The molecular weight excluding hydrogens is 362 g/mol. The van der Waals surface area contributed by atoms with Crippen molar-refractivity contribution in [2.45, 2.75) is 20.5 Å². The van der Waals surface area contributed by atoms with E-state index in [4.69, 9.17) is 4.98 Å². The molecule has 144 valence electrons. The SMILES string of the molecule is Cc1cc(CO)ccc1-c1nc2c3cc(-c4cnn(C)c4)cnc3ccn2c1C. The van der Waals surface area contributed by atoms with E-state index in [1.807, 2.05) is 56.1 Å². The van der Waals surface area contributed by atoms with E-state index in [0.29, 0.717) is 0 Å². The fourth-order valence-electron chi connectivity index (χ4n) is 3.89. The highest BCUT2D eigenvalue weighted by Crippen LogP contribution is 2.31. The second-order valence-corrected chi connectivity index (χ2v) is 7.42. The van der Waals surface area contributed by atoms with Crippen molar-refractivity contribution in [2.75, 3.05) is 0 Å². The Bertz CT molecular complexity index is 1380. The van der Waals surface area contributed by atoms with Gasteiger partial charge in [-0.1, -0.05) is 18.2 Å². The minimum atomic E-state index is 0.0404. The molecule has 5 aromatic rings. The molecule has 0 aliphatic rings. The fourth-order valence-corrected chi connectivity index (χ4v) is 3.89. The zero-order valence-electron chi connectivity index (χ0n) is 16.6. The molecule has 5 rings (SSSR count). The van der Waals surface area contributed by atoms with Crippen molar-refractivity contribution in [1.82, 2.24) is 24.1 Å². The number of benzene rings is 1. The van der Waals surface area contributed by atoms with Crippen molar-refractivity contribution in [3.63, 3.8) is 0 Å². The van der Waals surface area contributed by atoms with Crippen LogP contribution in [0.5, 0.6) is 0 Å². The van der Waals surface area contributed by atoms with E-state index in [9.17, 15) is 5.11 Å². The van der Waals surface area contributed by atoms with Crippen LogP contribution < -0.4 is 0 Å². The van der Waals surface area contributed by atoms with Gasteiger partial charge in [0, 0.05) is 53.4 Å². The van der Waals surface area contributed by atoms with E-state index in [1.165, 1.54) is 0 Å². The first kappa shape index (κ1) is 17.6. The van der Waals surface area contributed by atoms with Gasteiger partial charge in [-0.2, -0.15) is 5.10 Å². The van der Waals surface area contributed by atoms with Gasteiger partial charge >= 0.3 is 0 Å². The molecule has 0 atom stereocenters. The number of nitrogens with zero attached hydrogens (tertiary/aromatic N) is 5. The summed E-state index contributed by atoms with van der Waals surface area (Å²) in [5.74, 6) is 0. The van der Waals surface area contributed by atoms with Crippen molar-refractivity contribution in [2.24, 2.45) is 7.05 Å². The number of aliphatic hydroxyl groups is 1. The second kappa shape index (κ2) is 6.53. The molecule has 29 heavy (non-hydrogen) atoms. The van der Waals surface area contributed by atoms with Crippen LogP contribution in [0.15, 0.2) is 55.1 Å². The Balaban J connectivity index is 1.74. The zero-order valence-corrected chi connectivity index (χ0v) is 16.6. The Labute approximate surface area is 168 Å². The number of hydrogen-bond donors (Lipinski definition) is 1. The first-order valence-electron chi connectivity index (χ1n) is 9.52. The summed E-state index contributed by atoms with van der Waals surface area (Å²) >= 11 is 0. The molecule has 4 heterocycles. The average Bonchev–Trinajstić information content (AvgIpc) is 3.31. The first-order chi connectivity index (χ1) is 14.0. The van der Waals surface area contributed by atoms with Gasteiger partial charge in [-0.05, 0) is 37.1 Å². The zero-order chi connectivity index (χ0) is 20.1. The molecule has 6 nitrogen and oxygen atoms in total. The van der Waals surface area contributed by atoms with Crippen molar-refractivity contribution in [3.05, 3.63) is 71.9 Å². The molecule has 0 aliphatic heterocycles. The molecule has 1 N–H and O–H groups in total. The largest absolute Gasteiger partial charge is 0.392 e. The standard InChI is InChI=1S/C23H21N5O/c1-14-8-16(13-29)4-5-19(14)22-15(2)28-7-6-21-20(23(28)26-22)9-17(10-24-21)18-11-25-27(3)12-18/h4-12,29H,13H2,1-3H3. The maximum Gasteiger partial charge on any atom is 0.147 e. The molecule has 6 heteroatoms. The Hall–Kier alpha value is -3.51. The van der Waals surface area contributed by atoms with Crippen LogP contribution in [0.4, 0.5) is 0 Å². The number of aromatic nitrogens is 5. The number of rotatable bonds is 3. The van der Waals surface area contributed by atoms with Gasteiger partial charge in [0.1, 0.15) is 5.65 Å². The van der Waals surface area contributed by atoms with Crippen molar-refractivity contribution >= 4 is 16.6 Å². The Morgan fingerprint density at radius 1 is 1.03 bits per heavy atom. The third kappa shape index (κ3) is 2.80. The van der Waals surface area contributed by atoms with Crippen LogP contribution >= 0.6 is 0 Å². The lowest BCUT2D eigenvalue weighted by atomic mass is 10.0. The summed E-state index contributed by atoms with van der Waals surface area (Å²) in [6, 6.07) is 10.2. The molecule has 4 aromatic heterocycles. The maximum atomic E-state index is 9.40. The predicted octanol–water partition coefficient (Wildman–Crippen LogP) is 4.06. The molecule has 0 radical (unpaired) electrons. The van der Waals surface area contributed by atoms with Crippen LogP contribution in [0.2, 0.25) is 0 Å². The molecule has 0 bridgehead atoms. The van der Waals surface area contributed by atoms with Crippen LogP contribution in [0.1, 0.15) is 16.8 Å². The average molecular weight is 383 g/mol. The molecule has 0 saturated carbocycles. The highest BCUT2D eigenvalue weighted by molar-refractivity contribution is 5.95. The highest BCUT2D eigenvalue weighted by Gasteiger charge is 2.15. The van der Waals surface area contributed by atoms with Crippen LogP contribution in [0, 0.1) is 13.8 Å². The monoisotopic (exact) mass is 383 g/mol. The molecule has 0 aliphatic carbocycles. The van der Waals surface area contributed by atoms with E-state index < -0.39 is 0 Å². The molecule has 0 saturated heterocycles. The third-order valence-corrected chi connectivity index (χ3v) is 5.46. The Morgan fingerprint density at radius 3 is 2.62 bits per heavy atom. The smallest absolute Gasteiger partial charge is 0.147 e. The third-order valence-electron chi connectivity index (χ3n) is 5.46. The van der Waals surface area contributed by atoms with Crippen molar-refractivity contribution in [3.8, 4) is 22.4 Å². The van der Waals surface area contributed by atoms with Crippen LogP contribution in [-0.4, -0.2) is 29.3 Å². The summed E-state index contributed by atoms with van der Waals surface area (Å²) in [7, 11) is 1.91. The predicted molar refractivity (Wildman–Crippen MR) is 114 cm³/mol. The maximum absolute atomic E-state index is 9.40. The first-order valence-corrected chi connectivity index (χ1v) is 9.52. The van der Waals surface area contributed by atoms with Gasteiger partial charge in [-0.3, -0.25) is 9.67 Å². The van der Waals surface area contributed by atoms with Gasteiger partial charge in [0.15, 0.2) is 0 Å². The van der Waals surface area contributed by atoms with Gasteiger partial charge < -0.3 is 9.51 Å². The van der Waals surface area contributed by atoms with Crippen LogP contribution in [0.25, 0.3) is 38.9 Å². The Morgan fingerprint density at radius 2 is 1.90 bits per heavy atom. The lowest BCUT2D eigenvalue weighted by Crippen LogP contribution is -1.91. The summed E-state index contributed by atoms with van der Waals surface area (Å²) in [4.78, 5) is 9.66. The summed E-state index contributed by atoms with van der Waals surface area (Å²) in [5, 5.41) is 14.7. The van der Waals surface area contributed by atoms with Gasteiger partial charge in [-0.15, -0.1) is 0 Å². The number of hydrogen-bond acceptors (Lipinski definition) is 4. The van der Waals surface area contributed by atoms with E-state index in [2.05, 4.69) is 34.4 Å². The Kier molecular flexibility index (Phi) is 3.96. The number of pyridine rings is 2. The molecule has 0 fully saturated rings. The topological polar surface area (TPSA) is 68.2 Å². The summed E-state index contributed by atoms with van der Waals surface area (Å²) in [6.45, 7) is 4.18. The fraction of sp³-hybridized carbons (Fsp3) is 0.174. The number of fused-ring (bicyclic) bond motifs is 3. The summed E-state index contributed by atoms with van der Waals surface area (Å²) in [6.07, 6.45) is 7.73. The van der Waals surface area contributed by atoms with E-state index in [0.717, 1.165) is 55.8 Å². The lowest BCUT2D eigenvalue weighted by Gasteiger charge is -2.06. The minimum absolute atomic E-state index is 0.0404. The summed E-state index contributed by atoms with van der Waals surface area (Å²) < 4.78 is 3.91.